The van der Waals surface area contributed by atoms with Gasteiger partial charge in [-0.1, -0.05) is 0 Å². The van der Waals surface area contributed by atoms with Crippen molar-refractivity contribution in [1.82, 2.24) is 21.3 Å². The fraction of sp³-hybridized carbons (Fsp3) is 0.828. The van der Waals surface area contributed by atoms with Crippen molar-refractivity contribution in [3.63, 3.8) is 0 Å². The van der Waals surface area contributed by atoms with Crippen molar-refractivity contribution in [2.24, 2.45) is 0 Å². The molecule has 286 valence electrons. The van der Waals surface area contributed by atoms with Gasteiger partial charge < -0.3 is 80.7 Å². The Morgan fingerprint density at radius 1 is 0.820 bits per heavy atom. The molecule has 0 saturated carbocycles. The number of aliphatic carboxylic acids is 1. The number of aliphatic hydroxyl groups is 6. The zero-order valence-corrected chi connectivity index (χ0v) is 28.3. The summed E-state index contributed by atoms with van der Waals surface area (Å²) in [6.07, 6.45) is -18.4. The third-order valence-electron chi connectivity index (χ3n) is 8.63. The number of hydrogen-bond acceptors (Lipinski definition) is 16. The standard InChI is InChI=1S/C29H48N4O17/c1-9(47-27-19(32-13(5)37)23(42)22(41)16(8-34)48-27)17(30-11(3)35)24-18(31-12(4)36)15(39)7-29(49-24,28(44)45)50-25-20(33-14(6)38)26(43)46-10(2)21(25)40/h9-10,15-27,34,39-43H,7-8H2,1-6H3,(H,30,35)(H,31,36)(H,32,37)(H,33,38)(H,44,45)/t9-,10-,15-,16+,17-,18-,19+,20-,21+,22+,23+,24-,25-,26?,27-,29-/m0/s1. The summed E-state index contributed by atoms with van der Waals surface area (Å²) in [7, 11) is 0. The summed E-state index contributed by atoms with van der Waals surface area (Å²) in [6.45, 7) is 6.30. The molecule has 1 unspecified atom stereocenters. The monoisotopic (exact) mass is 724 g/mol. The van der Waals surface area contributed by atoms with Crippen LogP contribution in [0.2, 0.25) is 0 Å². The number of carbonyl (C=O) groups is 5. The van der Waals surface area contributed by atoms with Crippen LogP contribution in [0.5, 0.6) is 0 Å². The highest BCUT2D eigenvalue weighted by molar-refractivity contribution is 5.77. The molecule has 4 amide bonds. The Morgan fingerprint density at radius 2 is 1.38 bits per heavy atom. The summed E-state index contributed by atoms with van der Waals surface area (Å²) in [6, 6.07) is -5.93. The van der Waals surface area contributed by atoms with E-state index in [1.54, 1.807) is 0 Å². The molecule has 0 bridgehead atoms. The molecule has 0 aliphatic carbocycles. The molecule has 21 nitrogen and oxygen atoms in total. The van der Waals surface area contributed by atoms with Crippen molar-refractivity contribution in [2.75, 3.05) is 6.61 Å². The minimum absolute atomic E-state index is 0.660. The maximum atomic E-state index is 13.0. The van der Waals surface area contributed by atoms with Gasteiger partial charge in [0.1, 0.15) is 48.7 Å². The molecular weight excluding hydrogens is 676 g/mol. The van der Waals surface area contributed by atoms with E-state index >= 15 is 0 Å². The lowest BCUT2D eigenvalue weighted by molar-refractivity contribution is -0.347. The van der Waals surface area contributed by atoms with E-state index in [0.717, 1.165) is 27.7 Å². The van der Waals surface area contributed by atoms with Crippen LogP contribution in [0.1, 0.15) is 48.0 Å². The second-order valence-electron chi connectivity index (χ2n) is 12.7. The van der Waals surface area contributed by atoms with Gasteiger partial charge in [-0.25, -0.2) is 4.79 Å². The predicted octanol–water partition coefficient (Wildman–Crippen LogP) is -5.74. The predicted molar refractivity (Wildman–Crippen MR) is 162 cm³/mol. The van der Waals surface area contributed by atoms with E-state index in [2.05, 4.69) is 21.3 Å². The topological polar surface area (TPSA) is 321 Å². The molecule has 11 N–H and O–H groups in total. The number of nitrogens with one attached hydrogen (secondary N) is 4. The number of carboxylic acid groups (broad SMARTS) is 1. The molecule has 3 fully saturated rings. The van der Waals surface area contributed by atoms with Crippen LogP contribution < -0.4 is 21.3 Å². The number of ether oxygens (including phenoxy) is 5. The molecule has 3 saturated heterocycles. The minimum atomic E-state index is -2.88. The van der Waals surface area contributed by atoms with Gasteiger partial charge in [0.25, 0.3) is 5.79 Å². The zero-order chi connectivity index (χ0) is 37.8. The first kappa shape index (κ1) is 41.3. The quantitative estimate of drug-likeness (QED) is 0.0893. The number of aliphatic hydroxyl groups excluding tert-OH is 6. The molecule has 0 radical (unpaired) electrons. The van der Waals surface area contributed by atoms with Crippen molar-refractivity contribution in [3.8, 4) is 0 Å². The molecule has 3 heterocycles. The highest BCUT2D eigenvalue weighted by Gasteiger charge is 2.59. The fourth-order valence-corrected chi connectivity index (χ4v) is 6.30. The van der Waals surface area contributed by atoms with Gasteiger partial charge >= 0.3 is 5.97 Å². The smallest absolute Gasteiger partial charge is 0.364 e. The fourth-order valence-electron chi connectivity index (χ4n) is 6.30. The minimum Gasteiger partial charge on any atom is -0.477 e. The Balaban J connectivity index is 2.08. The van der Waals surface area contributed by atoms with Gasteiger partial charge in [-0.05, 0) is 13.8 Å². The molecule has 3 aliphatic heterocycles. The molecule has 0 aromatic carbocycles. The SMILES string of the molecule is CC(=O)N[C@H]([C@@H]1O[C@@](O[C@@H]2[C@H](O)[C@H](C)OC(O)[C@H]2NC(C)=O)(C(=O)O)C[C@H](O)[C@@H]1NC(C)=O)[C@H](C)O[C@H]1O[C@H](CO)[C@@H](O)[C@H](O)[C@H]1NC(C)=O. The summed E-state index contributed by atoms with van der Waals surface area (Å²) in [5, 5.41) is 84.0. The third-order valence-corrected chi connectivity index (χ3v) is 8.63. The van der Waals surface area contributed by atoms with Crippen LogP contribution in [0, 0.1) is 0 Å². The second-order valence-corrected chi connectivity index (χ2v) is 12.7. The van der Waals surface area contributed by atoms with E-state index in [1.807, 2.05) is 0 Å². The average Bonchev–Trinajstić information content (AvgIpc) is 3.00. The van der Waals surface area contributed by atoms with Gasteiger partial charge in [0.05, 0.1) is 37.0 Å². The van der Waals surface area contributed by atoms with Crippen LogP contribution in [0.4, 0.5) is 0 Å². The molecular formula is C29H48N4O17. The Labute approximate surface area is 286 Å². The molecule has 3 rings (SSSR count). The van der Waals surface area contributed by atoms with Crippen molar-refractivity contribution in [3.05, 3.63) is 0 Å². The van der Waals surface area contributed by atoms with Crippen LogP contribution in [0.25, 0.3) is 0 Å². The number of amides is 4. The average molecular weight is 725 g/mol. The van der Waals surface area contributed by atoms with Crippen LogP contribution in [0.15, 0.2) is 0 Å². The first-order valence-electron chi connectivity index (χ1n) is 15.9. The molecule has 0 aromatic heterocycles. The summed E-state index contributed by atoms with van der Waals surface area (Å²) in [5.41, 5.74) is 0. The van der Waals surface area contributed by atoms with Crippen LogP contribution in [-0.4, -0.2) is 169 Å². The zero-order valence-electron chi connectivity index (χ0n) is 28.3. The van der Waals surface area contributed by atoms with E-state index in [-0.39, 0.29) is 0 Å². The maximum absolute atomic E-state index is 13.0. The van der Waals surface area contributed by atoms with E-state index in [4.69, 9.17) is 23.7 Å². The summed E-state index contributed by atoms with van der Waals surface area (Å²) >= 11 is 0. The largest absolute Gasteiger partial charge is 0.477 e. The van der Waals surface area contributed by atoms with Crippen LogP contribution in [-0.2, 0) is 47.7 Å². The van der Waals surface area contributed by atoms with E-state index in [0.29, 0.717) is 0 Å². The Kier molecular flexibility index (Phi) is 14.0. The Bertz CT molecular complexity index is 1240. The highest BCUT2D eigenvalue weighted by atomic mass is 16.7. The van der Waals surface area contributed by atoms with Gasteiger partial charge in [0, 0.05) is 34.1 Å². The molecule has 0 spiro atoms. The van der Waals surface area contributed by atoms with Gasteiger partial charge in [-0.2, -0.15) is 0 Å². The van der Waals surface area contributed by atoms with Gasteiger partial charge in [0.15, 0.2) is 12.6 Å². The summed E-state index contributed by atoms with van der Waals surface area (Å²) in [5.74, 6) is -7.51. The van der Waals surface area contributed by atoms with Gasteiger partial charge in [-0.3, -0.25) is 19.2 Å². The molecule has 21 heteroatoms. The molecule has 0 aromatic rings. The highest BCUT2D eigenvalue weighted by Crippen LogP contribution is 2.38. The van der Waals surface area contributed by atoms with Crippen molar-refractivity contribution in [2.45, 2.75) is 145 Å². The second kappa shape index (κ2) is 17.0. The lowest BCUT2D eigenvalue weighted by Crippen LogP contribution is -2.73. The molecule has 50 heavy (non-hydrogen) atoms. The first-order chi connectivity index (χ1) is 23.2. The maximum Gasteiger partial charge on any atom is 0.364 e. The Morgan fingerprint density at radius 3 is 1.90 bits per heavy atom. The number of carboxylic acids is 1. The van der Waals surface area contributed by atoms with Crippen LogP contribution in [0.3, 0.4) is 0 Å². The third kappa shape index (κ3) is 9.41. The summed E-state index contributed by atoms with van der Waals surface area (Å²) < 4.78 is 28.8. The lowest BCUT2D eigenvalue weighted by Gasteiger charge is -2.51. The van der Waals surface area contributed by atoms with Gasteiger partial charge in [-0.15, -0.1) is 0 Å². The number of rotatable bonds is 12. The van der Waals surface area contributed by atoms with E-state index in [1.165, 1.54) is 13.8 Å². The summed E-state index contributed by atoms with van der Waals surface area (Å²) in [4.78, 5) is 61.8. The Hall–Kier alpha value is -3.09. The lowest BCUT2D eigenvalue weighted by atomic mass is 9.86. The normalized spacial score (nSPS) is 40.1. The van der Waals surface area contributed by atoms with Crippen LogP contribution >= 0.6 is 0 Å². The number of hydrogen-bond donors (Lipinski definition) is 11. The molecule has 16 atom stereocenters. The van der Waals surface area contributed by atoms with Gasteiger partial charge in [0.2, 0.25) is 23.6 Å². The molecule has 3 aliphatic rings. The van der Waals surface area contributed by atoms with Crippen molar-refractivity contribution < 1.29 is 83.4 Å². The van der Waals surface area contributed by atoms with E-state index < -0.39 is 140 Å². The van der Waals surface area contributed by atoms with Crippen molar-refractivity contribution >= 4 is 29.6 Å². The first-order valence-corrected chi connectivity index (χ1v) is 15.9. The van der Waals surface area contributed by atoms with Crippen molar-refractivity contribution in [1.29, 1.82) is 0 Å². The van der Waals surface area contributed by atoms with E-state index in [9.17, 15) is 59.7 Å². The number of carbonyl (C=O) groups excluding carboxylic acids is 4.